The summed E-state index contributed by atoms with van der Waals surface area (Å²) >= 11 is 0. The lowest BCUT2D eigenvalue weighted by molar-refractivity contribution is 0.102. The number of anilines is 2. The summed E-state index contributed by atoms with van der Waals surface area (Å²) in [4.78, 5) is 21.1. The third-order valence-electron chi connectivity index (χ3n) is 3.51. The Balaban J connectivity index is 1.68. The molecule has 7 nitrogen and oxygen atoms in total. The van der Waals surface area contributed by atoms with E-state index in [1.165, 1.54) is 0 Å². The molecule has 0 saturated carbocycles. The number of rotatable bonds is 7. The molecule has 1 amide bonds. The van der Waals surface area contributed by atoms with Crippen LogP contribution >= 0.6 is 0 Å². The Hall–Kier alpha value is -3.35. The zero-order chi connectivity index (χ0) is 18.4. The van der Waals surface area contributed by atoms with Crippen LogP contribution in [-0.4, -0.2) is 22.5 Å². The number of aryl methyl sites for hydroxylation is 1. The van der Waals surface area contributed by atoms with Crippen LogP contribution in [0, 0.1) is 6.92 Å². The van der Waals surface area contributed by atoms with Crippen molar-refractivity contribution < 1.29 is 13.9 Å². The monoisotopic (exact) mass is 352 g/mol. The lowest BCUT2D eigenvalue weighted by Crippen LogP contribution is -2.16. The number of ether oxygens (including phenoxy) is 1. The van der Waals surface area contributed by atoms with E-state index in [1.54, 1.807) is 36.6 Å². The van der Waals surface area contributed by atoms with Gasteiger partial charge in [-0.1, -0.05) is 0 Å². The van der Waals surface area contributed by atoms with E-state index >= 15 is 0 Å². The summed E-state index contributed by atoms with van der Waals surface area (Å²) < 4.78 is 10.7. The topological polar surface area (TPSA) is 89.3 Å². The molecule has 7 heteroatoms. The zero-order valence-electron chi connectivity index (χ0n) is 14.7. The molecule has 134 valence electrons. The van der Waals surface area contributed by atoms with E-state index in [0.29, 0.717) is 30.5 Å². The molecule has 0 aliphatic heterocycles. The lowest BCUT2D eigenvalue weighted by Gasteiger charge is -2.09. The SMILES string of the molecule is CCOc1ccc(NC(=O)c2cc(C)nc(NCc3ccco3)n2)cc1. The predicted octanol–water partition coefficient (Wildman–Crippen LogP) is 3.64. The second kappa shape index (κ2) is 8.15. The number of nitrogens with one attached hydrogen (secondary N) is 2. The van der Waals surface area contributed by atoms with E-state index in [0.717, 1.165) is 11.5 Å². The molecule has 26 heavy (non-hydrogen) atoms. The van der Waals surface area contributed by atoms with Crippen LogP contribution < -0.4 is 15.4 Å². The maximum Gasteiger partial charge on any atom is 0.274 e. The van der Waals surface area contributed by atoms with Crippen LogP contribution in [0.1, 0.15) is 28.9 Å². The van der Waals surface area contributed by atoms with Crippen molar-refractivity contribution in [1.29, 1.82) is 0 Å². The van der Waals surface area contributed by atoms with Gasteiger partial charge in [0.05, 0.1) is 19.4 Å². The molecule has 2 N–H and O–H groups in total. The van der Waals surface area contributed by atoms with Gasteiger partial charge in [-0.15, -0.1) is 0 Å². The molecule has 0 spiro atoms. The molecular weight excluding hydrogens is 332 g/mol. The summed E-state index contributed by atoms with van der Waals surface area (Å²) in [5.74, 6) is 1.59. The first-order valence-electron chi connectivity index (χ1n) is 8.30. The van der Waals surface area contributed by atoms with Crippen LogP contribution in [0.15, 0.2) is 53.1 Å². The Morgan fingerprint density at radius 1 is 1.19 bits per heavy atom. The number of carbonyl (C=O) groups is 1. The molecule has 1 aromatic carbocycles. The van der Waals surface area contributed by atoms with Gasteiger partial charge in [0.2, 0.25) is 5.95 Å². The number of nitrogens with zero attached hydrogens (tertiary/aromatic N) is 2. The molecule has 0 aliphatic rings. The lowest BCUT2D eigenvalue weighted by atomic mass is 10.2. The predicted molar refractivity (Wildman–Crippen MR) is 98.4 cm³/mol. The van der Waals surface area contributed by atoms with Crippen molar-refractivity contribution in [3.63, 3.8) is 0 Å². The maximum atomic E-state index is 12.5. The number of hydrogen-bond acceptors (Lipinski definition) is 6. The van der Waals surface area contributed by atoms with E-state index in [1.807, 2.05) is 26.0 Å². The molecule has 0 saturated heterocycles. The first-order chi connectivity index (χ1) is 12.6. The fraction of sp³-hybridized carbons (Fsp3) is 0.211. The highest BCUT2D eigenvalue weighted by Crippen LogP contribution is 2.16. The van der Waals surface area contributed by atoms with E-state index in [4.69, 9.17) is 9.15 Å². The molecule has 0 radical (unpaired) electrons. The molecule has 2 heterocycles. The Morgan fingerprint density at radius 3 is 2.69 bits per heavy atom. The second-order valence-corrected chi connectivity index (χ2v) is 5.56. The van der Waals surface area contributed by atoms with Gasteiger partial charge in [0.1, 0.15) is 17.2 Å². The summed E-state index contributed by atoms with van der Waals surface area (Å²) in [6.45, 7) is 4.77. The van der Waals surface area contributed by atoms with Gasteiger partial charge in [0.15, 0.2) is 0 Å². The van der Waals surface area contributed by atoms with E-state index in [2.05, 4.69) is 20.6 Å². The number of hydrogen-bond donors (Lipinski definition) is 2. The maximum absolute atomic E-state index is 12.5. The van der Waals surface area contributed by atoms with Crippen LogP contribution in [-0.2, 0) is 6.54 Å². The zero-order valence-corrected chi connectivity index (χ0v) is 14.7. The molecule has 0 bridgehead atoms. The van der Waals surface area contributed by atoms with Gasteiger partial charge in [-0.3, -0.25) is 4.79 Å². The fourth-order valence-electron chi connectivity index (χ4n) is 2.34. The number of benzene rings is 1. The van der Waals surface area contributed by atoms with Gasteiger partial charge in [-0.2, -0.15) is 0 Å². The minimum atomic E-state index is -0.305. The van der Waals surface area contributed by atoms with Crippen LogP contribution in [0.25, 0.3) is 0 Å². The van der Waals surface area contributed by atoms with E-state index in [9.17, 15) is 4.79 Å². The van der Waals surface area contributed by atoms with E-state index < -0.39 is 0 Å². The number of amides is 1. The summed E-state index contributed by atoms with van der Waals surface area (Å²) in [6, 6.07) is 12.5. The smallest absolute Gasteiger partial charge is 0.274 e. The number of aromatic nitrogens is 2. The summed E-state index contributed by atoms with van der Waals surface area (Å²) in [5.41, 5.74) is 1.65. The highest BCUT2D eigenvalue weighted by Gasteiger charge is 2.11. The van der Waals surface area contributed by atoms with E-state index in [-0.39, 0.29) is 11.6 Å². The number of furan rings is 1. The molecule has 0 unspecified atom stereocenters. The quantitative estimate of drug-likeness (QED) is 0.675. The highest BCUT2D eigenvalue weighted by molar-refractivity contribution is 6.03. The first-order valence-corrected chi connectivity index (χ1v) is 8.30. The van der Waals surface area contributed by atoms with Crippen LogP contribution in [0.3, 0.4) is 0 Å². The molecule has 3 aromatic rings. The average molecular weight is 352 g/mol. The van der Waals surface area contributed by atoms with Crippen molar-refractivity contribution in [1.82, 2.24) is 9.97 Å². The van der Waals surface area contributed by atoms with Crippen molar-refractivity contribution in [3.8, 4) is 5.75 Å². The standard InChI is InChI=1S/C19H20N4O3/c1-3-25-15-8-6-14(7-9-15)22-18(24)17-11-13(2)21-19(23-17)20-12-16-5-4-10-26-16/h4-11H,3,12H2,1-2H3,(H,22,24)(H,20,21,23). The Labute approximate surface area is 151 Å². The second-order valence-electron chi connectivity index (χ2n) is 5.56. The Bertz CT molecular complexity index is 861. The fourth-order valence-corrected chi connectivity index (χ4v) is 2.34. The minimum absolute atomic E-state index is 0.285. The minimum Gasteiger partial charge on any atom is -0.494 e. The molecule has 2 aromatic heterocycles. The van der Waals surface area contributed by atoms with Gasteiger partial charge in [-0.05, 0) is 56.3 Å². The van der Waals surface area contributed by atoms with Crippen LogP contribution in [0.5, 0.6) is 5.75 Å². The van der Waals surface area contributed by atoms with Gasteiger partial charge in [0.25, 0.3) is 5.91 Å². The Morgan fingerprint density at radius 2 is 2.00 bits per heavy atom. The van der Waals surface area contributed by atoms with Crippen LogP contribution in [0.2, 0.25) is 0 Å². The molecule has 0 aliphatic carbocycles. The van der Waals surface area contributed by atoms with Crippen LogP contribution in [0.4, 0.5) is 11.6 Å². The van der Waals surface area contributed by atoms with Gasteiger partial charge >= 0.3 is 0 Å². The summed E-state index contributed by atoms with van der Waals surface area (Å²) in [6.07, 6.45) is 1.60. The van der Waals surface area contributed by atoms with Gasteiger partial charge in [-0.25, -0.2) is 9.97 Å². The van der Waals surface area contributed by atoms with Crippen molar-refractivity contribution in [3.05, 3.63) is 65.9 Å². The van der Waals surface area contributed by atoms with Gasteiger partial charge in [0, 0.05) is 11.4 Å². The van der Waals surface area contributed by atoms with Crippen molar-refractivity contribution >= 4 is 17.5 Å². The third kappa shape index (κ3) is 4.60. The van der Waals surface area contributed by atoms with Gasteiger partial charge < -0.3 is 19.8 Å². The normalized spacial score (nSPS) is 10.4. The molecular formula is C19H20N4O3. The third-order valence-corrected chi connectivity index (χ3v) is 3.51. The van der Waals surface area contributed by atoms with Crippen molar-refractivity contribution in [2.75, 3.05) is 17.2 Å². The average Bonchev–Trinajstić information content (AvgIpc) is 3.15. The summed E-state index contributed by atoms with van der Waals surface area (Å²) in [7, 11) is 0. The molecule has 0 atom stereocenters. The first kappa shape index (κ1) is 17.5. The van der Waals surface area contributed by atoms with Crippen molar-refractivity contribution in [2.24, 2.45) is 0 Å². The Kier molecular flexibility index (Phi) is 5.48. The van der Waals surface area contributed by atoms with Crippen molar-refractivity contribution in [2.45, 2.75) is 20.4 Å². The molecule has 3 rings (SSSR count). The highest BCUT2D eigenvalue weighted by atomic mass is 16.5. The molecule has 0 fully saturated rings. The summed E-state index contributed by atoms with van der Waals surface area (Å²) in [5, 5.41) is 5.88. The largest absolute Gasteiger partial charge is 0.494 e. The number of carbonyl (C=O) groups excluding carboxylic acids is 1.